The summed E-state index contributed by atoms with van der Waals surface area (Å²) in [6.45, 7) is 2.53. The zero-order chi connectivity index (χ0) is 14.7. The Hall–Kier alpha value is -0.710. The van der Waals surface area contributed by atoms with E-state index in [2.05, 4.69) is 30.1 Å². The Kier molecular flexibility index (Phi) is 5.09. The number of ether oxygens (including phenoxy) is 2. The molecule has 2 aliphatic rings. The second-order valence-electron chi connectivity index (χ2n) is 6.03. The maximum Gasteiger partial charge on any atom is 0.124 e. The van der Waals surface area contributed by atoms with Crippen LogP contribution in [-0.2, 0) is 4.74 Å². The number of nitrogens with zero attached hydrogens (tertiary/aromatic N) is 1. The Morgan fingerprint density at radius 2 is 2.24 bits per heavy atom. The number of benzene rings is 1. The molecular weight excluding hydrogens is 282 g/mol. The lowest BCUT2D eigenvalue weighted by atomic mass is 9.92. The van der Waals surface area contributed by atoms with E-state index in [0.29, 0.717) is 19.1 Å². The van der Waals surface area contributed by atoms with Gasteiger partial charge in [-0.3, -0.25) is 0 Å². The minimum atomic E-state index is 0.633. The number of methoxy groups -OCH3 is 1. The molecule has 0 aliphatic carbocycles. The molecule has 0 spiro atoms. The average molecular weight is 307 g/mol. The van der Waals surface area contributed by atoms with E-state index < -0.39 is 0 Å². The molecule has 0 bridgehead atoms. The fraction of sp³-hybridized carbons (Fsp3) is 0.647. The Labute approximate surface area is 132 Å². The fourth-order valence-corrected chi connectivity index (χ4v) is 4.76. The van der Waals surface area contributed by atoms with E-state index in [-0.39, 0.29) is 0 Å². The first-order chi connectivity index (χ1) is 10.3. The van der Waals surface area contributed by atoms with Crippen LogP contribution in [0.5, 0.6) is 5.75 Å². The predicted molar refractivity (Wildman–Crippen MR) is 87.5 cm³/mol. The van der Waals surface area contributed by atoms with Gasteiger partial charge < -0.3 is 14.4 Å². The number of rotatable bonds is 6. The van der Waals surface area contributed by atoms with E-state index >= 15 is 0 Å². The molecule has 0 saturated carbocycles. The lowest BCUT2D eigenvalue weighted by molar-refractivity contribution is 0.145. The molecule has 4 heteroatoms. The summed E-state index contributed by atoms with van der Waals surface area (Å²) in [6.07, 6.45) is 3.96. The standard InChI is InChI=1S/C17H25NO2S/c1-18-8-4-5-14(18)11-13-12-21-16-7-3-6-15(17(13)16)20-10-9-19-2/h3,6-7,13-14H,4-5,8-12H2,1-2H3/t13-,14-/m1/s1. The molecule has 0 aromatic heterocycles. The van der Waals surface area contributed by atoms with Crippen molar-refractivity contribution in [2.24, 2.45) is 0 Å². The summed E-state index contributed by atoms with van der Waals surface area (Å²) in [7, 11) is 3.98. The summed E-state index contributed by atoms with van der Waals surface area (Å²) in [4.78, 5) is 3.94. The lowest BCUT2D eigenvalue weighted by Gasteiger charge is -2.24. The highest BCUT2D eigenvalue weighted by Gasteiger charge is 2.31. The first-order valence-electron chi connectivity index (χ1n) is 7.87. The summed E-state index contributed by atoms with van der Waals surface area (Å²) in [5.74, 6) is 2.90. The second kappa shape index (κ2) is 7.03. The van der Waals surface area contributed by atoms with E-state index in [1.165, 1.54) is 42.0 Å². The van der Waals surface area contributed by atoms with E-state index in [9.17, 15) is 0 Å². The van der Waals surface area contributed by atoms with Crippen molar-refractivity contribution in [3.63, 3.8) is 0 Å². The van der Waals surface area contributed by atoms with E-state index in [1.54, 1.807) is 7.11 Å². The monoisotopic (exact) mass is 307 g/mol. The molecule has 0 unspecified atom stereocenters. The molecule has 1 fully saturated rings. The van der Waals surface area contributed by atoms with Crippen molar-refractivity contribution in [3.05, 3.63) is 23.8 Å². The van der Waals surface area contributed by atoms with Gasteiger partial charge in [-0.2, -0.15) is 0 Å². The largest absolute Gasteiger partial charge is 0.491 e. The molecule has 2 aliphatic heterocycles. The van der Waals surface area contributed by atoms with Crippen LogP contribution in [0.4, 0.5) is 0 Å². The lowest BCUT2D eigenvalue weighted by Crippen LogP contribution is -2.26. The molecule has 3 rings (SSSR count). The molecule has 116 valence electrons. The van der Waals surface area contributed by atoms with Gasteiger partial charge in [-0.1, -0.05) is 6.07 Å². The van der Waals surface area contributed by atoms with Crippen LogP contribution in [0.2, 0.25) is 0 Å². The third-order valence-corrected chi connectivity index (χ3v) is 5.88. The van der Waals surface area contributed by atoms with Crippen LogP contribution in [0.3, 0.4) is 0 Å². The van der Waals surface area contributed by atoms with Gasteiger partial charge in [0.1, 0.15) is 12.4 Å². The van der Waals surface area contributed by atoms with Gasteiger partial charge in [0.15, 0.2) is 0 Å². The van der Waals surface area contributed by atoms with Crippen LogP contribution in [0, 0.1) is 0 Å². The molecule has 21 heavy (non-hydrogen) atoms. The molecule has 3 nitrogen and oxygen atoms in total. The van der Waals surface area contributed by atoms with Gasteiger partial charge in [0.2, 0.25) is 0 Å². The zero-order valence-corrected chi connectivity index (χ0v) is 13.8. The van der Waals surface area contributed by atoms with Gasteiger partial charge in [-0.15, -0.1) is 11.8 Å². The van der Waals surface area contributed by atoms with Crippen LogP contribution in [0.25, 0.3) is 0 Å². The zero-order valence-electron chi connectivity index (χ0n) is 13.0. The fourth-order valence-electron chi connectivity index (χ4n) is 3.48. The Morgan fingerprint density at radius 3 is 3.00 bits per heavy atom. The SMILES string of the molecule is COCCOc1cccc2c1[C@H](C[C@H]1CCCN1C)CS2. The Bertz CT molecular complexity index is 480. The highest BCUT2D eigenvalue weighted by molar-refractivity contribution is 7.99. The number of thioether (sulfide) groups is 1. The van der Waals surface area contributed by atoms with Crippen LogP contribution >= 0.6 is 11.8 Å². The molecule has 0 radical (unpaired) electrons. The van der Waals surface area contributed by atoms with Gasteiger partial charge in [-0.25, -0.2) is 0 Å². The summed E-state index contributed by atoms with van der Waals surface area (Å²) in [5.41, 5.74) is 1.44. The maximum absolute atomic E-state index is 5.96. The van der Waals surface area contributed by atoms with Crippen molar-refractivity contribution < 1.29 is 9.47 Å². The highest BCUT2D eigenvalue weighted by atomic mass is 32.2. The first-order valence-corrected chi connectivity index (χ1v) is 8.86. The van der Waals surface area contributed by atoms with Crippen molar-refractivity contribution >= 4 is 11.8 Å². The van der Waals surface area contributed by atoms with Crippen LogP contribution in [0.15, 0.2) is 23.1 Å². The van der Waals surface area contributed by atoms with Crippen molar-refractivity contribution in [2.45, 2.75) is 36.1 Å². The second-order valence-corrected chi connectivity index (χ2v) is 7.09. The van der Waals surface area contributed by atoms with Crippen LogP contribution in [-0.4, -0.2) is 50.6 Å². The van der Waals surface area contributed by atoms with Crippen LogP contribution in [0.1, 0.15) is 30.7 Å². The van der Waals surface area contributed by atoms with Gasteiger partial charge in [0.05, 0.1) is 6.61 Å². The van der Waals surface area contributed by atoms with Crippen molar-refractivity contribution in [1.29, 1.82) is 0 Å². The molecule has 1 aromatic carbocycles. The van der Waals surface area contributed by atoms with E-state index in [4.69, 9.17) is 9.47 Å². The number of hydrogen-bond acceptors (Lipinski definition) is 4. The Balaban J connectivity index is 1.73. The molecule has 2 atom stereocenters. The summed E-state index contributed by atoms with van der Waals surface area (Å²) < 4.78 is 11.1. The van der Waals surface area contributed by atoms with Gasteiger partial charge in [-0.05, 0) is 50.9 Å². The summed E-state index contributed by atoms with van der Waals surface area (Å²) >= 11 is 1.98. The normalized spacial score (nSPS) is 25.2. The number of hydrogen-bond donors (Lipinski definition) is 0. The molecule has 1 saturated heterocycles. The highest BCUT2D eigenvalue weighted by Crippen LogP contribution is 2.47. The molecule has 0 N–H and O–H groups in total. The summed E-state index contributed by atoms with van der Waals surface area (Å²) in [6, 6.07) is 7.21. The summed E-state index contributed by atoms with van der Waals surface area (Å²) in [5, 5.41) is 0. The predicted octanol–water partition coefficient (Wildman–Crippen LogP) is 3.39. The quantitative estimate of drug-likeness (QED) is 0.751. The van der Waals surface area contributed by atoms with Gasteiger partial charge >= 0.3 is 0 Å². The number of likely N-dealkylation sites (tertiary alicyclic amines) is 1. The third kappa shape index (κ3) is 3.38. The smallest absolute Gasteiger partial charge is 0.124 e. The van der Waals surface area contributed by atoms with Crippen molar-refractivity contribution in [1.82, 2.24) is 4.90 Å². The molecule has 1 aromatic rings. The molecule has 2 heterocycles. The van der Waals surface area contributed by atoms with E-state index in [1.807, 2.05) is 11.8 Å². The topological polar surface area (TPSA) is 21.7 Å². The minimum Gasteiger partial charge on any atom is -0.491 e. The van der Waals surface area contributed by atoms with Gasteiger partial charge in [0.25, 0.3) is 0 Å². The molecular formula is C17H25NO2S. The van der Waals surface area contributed by atoms with E-state index in [0.717, 1.165) is 11.8 Å². The minimum absolute atomic E-state index is 0.633. The number of fused-ring (bicyclic) bond motifs is 1. The van der Waals surface area contributed by atoms with Gasteiger partial charge in [0, 0.05) is 29.4 Å². The Morgan fingerprint density at radius 1 is 1.33 bits per heavy atom. The van der Waals surface area contributed by atoms with Crippen molar-refractivity contribution in [2.75, 3.05) is 39.7 Å². The van der Waals surface area contributed by atoms with Crippen LogP contribution < -0.4 is 4.74 Å². The first kappa shape index (κ1) is 15.2. The average Bonchev–Trinajstić information content (AvgIpc) is 3.08. The van der Waals surface area contributed by atoms with Crippen molar-refractivity contribution in [3.8, 4) is 5.75 Å². The maximum atomic E-state index is 5.96. The third-order valence-electron chi connectivity index (χ3n) is 4.65. The molecule has 0 amide bonds.